The number of benzene rings is 1. The predicted octanol–water partition coefficient (Wildman–Crippen LogP) is 5.26. The van der Waals surface area contributed by atoms with Gasteiger partial charge in [0.05, 0.1) is 0 Å². The molecule has 1 N–H and O–H groups in total. The lowest BCUT2D eigenvalue weighted by atomic mass is 9.94. The number of hydrogen-bond donors (Lipinski definition) is 1. The van der Waals surface area contributed by atoms with Gasteiger partial charge in [0.2, 0.25) is 0 Å². The second kappa shape index (κ2) is 8.46. The van der Waals surface area contributed by atoms with E-state index in [0.29, 0.717) is 6.04 Å². The zero-order chi connectivity index (χ0) is 14.2. The van der Waals surface area contributed by atoms with Gasteiger partial charge in [0.25, 0.3) is 0 Å². The second-order valence-electron chi connectivity index (χ2n) is 6.34. The van der Waals surface area contributed by atoms with Crippen molar-refractivity contribution in [3.8, 4) is 0 Å². The van der Waals surface area contributed by atoms with E-state index in [-0.39, 0.29) is 0 Å². The molecule has 1 aliphatic rings. The summed E-state index contributed by atoms with van der Waals surface area (Å²) in [4.78, 5) is 0. The van der Waals surface area contributed by atoms with Crippen LogP contribution >= 0.6 is 0 Å². The summed E-state index contributed by atoms with van der Waals surface area (Å²) in [5.74, 6) is 0.813. The van der Waals surface area contributed by atoms with Crippen molar-refractivity contribution in [1.82, 2.24) is 5.32 Å². The highest BCUT2D eigenvalue weighted by Gasteiger charge is 2.30. The van der Waals surface area contributed by atoms with Crippen molar-refractivity contribution in [3.05, 3.63) is 35.4 Å². The molecule has 0 saturated heterocycles. The first-order valence-electron chi connectivity index (χ1n) is 8.62. The summed E-state index contributed by atoms with van der Waals surface area (Å²) in [6, 6.07) is 9.57. The first-order chi connectivity index (χ1) is 9.86. The SMILES string of the molecule is CCCCCCCCCC1Cc2ccccc2C1NC. The molecule has 0 fully saturated rings. The zero-order valence-corrected chi connectivity index (χ0v) is 13.3. The van der Waals surface area contributed by atoms with Gasteiger partial charge >= 0.3 is 0 Å². The Morgan fingerprint density at radius 1 is 1.00 bits per heavy atom. The molecule has 20 heavy (non-hydrogen) atoms. The maximum absolute atomic E-state index is 3.54. The van der Waals surface area contributed by atoms with E-state index in [1.54, 1.807) is 11.1 Å². The minimum absolute atomic E-state index is 0.589. The first-order valence-corrected chi connectivity index (χ1v) is 8.62. The molecular weight excluding hydrogens is 242 g/mol. The van der Waals surface area contributed by atoms with Crippen molar-refractivity contribution in [3.63, 3.8) is 0 Å². The average molecular weight is 273 g/mol. The molecule has 0 radical (unpaired) electrons. The fourth-order valence-electron chi connectivity index (χ4n) is 3.70. The standard InChI is InChI=1S/C19H31N/c1-3-4-5-6-7-8-9-13-17-15-16-12-10-11-14-18(16)19(17)20-2/h10-12,14,17,19-20H,3-9,13,15H2,1-2H3. The summed E-state index contributed by atoms with van der Waals surface area (Å²) < 4.78 is 0. The summed E-state index contributed by atoms with van der Waals surface area (Å²) in [5, 5.41) is 3.54. The van der Waals surface area contributed by atoms with Gasteiger partial charge in [-0.3, -0.25) is 0 Å². The lowest BCUT2D eigenvalue weighted by molar-refractivity contribution is 0.370. The van der Waals surface area contributed by atoms with E-state index < -0.39 is 0 Å². The van der Waals surface area contributed by atoms with Gasteiger partial charge in [-0.15, -0.1) is 0 Å². The van der Waals surface area contributed by atoms with Gasteiger partial charge < -0.3 is 5.32 Å². The van der Waals surface area contributed by atoms with Crippen molar-refractivity contribution < 1.29 is 0 Å². The maximum atomic E-state index is 3.54. The molecule has 1 aromatic carbocycles. The summed E-state index contributed by atoms with van der Waals surface area (Å²) in [6.07, 6.45) is 12.6. The van der Waals surface area contributed by atoms with Crippen LogP contribution in [0.25, 0.3) is 0 Å². The minimum atomic E-state index is 0.589. The Balaban J connectivity index is 1.69. The Morgan fingerprint density at radius 3 is 2.45 bits per heavy atom. The van der Waals surface area contributed by atoms with Gasteiger partial charge in [0, 0.05) is 6.04 Å². The number of fused-ring (bicyclic) bond motifs is 1. The predicted molar refractivity (Wildman–Crippen MR) is 88.0 cm³/mol. The molecule has 2 rings (SSSR count). The van der Waals surface area contributed by atoms with Gasteiger partial charge in [0.1, 0.15) is 0 Å². The zero-order valence-electron chi connectivity index (χ0n) is 13.3. The van der Waals surface area contributed by atoms with Crippen LogP contribution < -0.4 is 5.32 Å². The molecule has 2 unspecified atom stereocenters. The smallest absolute Gasteiger partial charge is 0.0352 e. The normalized spacial score (nSPS) is 21.1. The molecule has 112 valence electrons. The molecule has 0 spiro atoms. The van der Waals surface area contributed by atoms with E-state index in [1.165, 1.54) is 57.8 Å². The van der Waals surface area contributed by atoms with Crippen molar-refractivity contribution in [2.75, 3.05) is 7.05 Å². The topological polar surface area (TPSA) is 12.0 Å². The Kier molecular flexibility index (Phi) is 6.59. The van der Waals surface area contributed by atoms with E-state index in [1.807, 2.05) is 0 Å². The average Bonchev–Trinajstić information content (AvgIpc) is 2.83. The molecule has 1 heteroatoms. The summed E-state index contributed by atoms with van der Waals surface area (Å²) in [5.41, 5.74) is 3.11. The van der Waals surface area contributed by atoms with E-state index in [2.05, 4.69) is 43.6 Å². The second-order valence-corrected chi connectivity index (χ2v) is 6.34. The highest BCUT2D eigenvalue weighted by molar-refractivity contribution is 5.35. The first kappa shape index (κ1) is 15.6. The third-order valence-electron chi connectivity index (χ3n) is 4.83. The van der Waals surface area contributed by atoms with Crippen LogP contribution in [0.4, 0.5) is 0 Å². The molecule has 2 atom stereocenters. The van der Waals surface area contributed by atoms with Gasteiger partial charge in [0.15, 0.2) is 0 Å². The van der Waals surface area contributed by atoms with E-state index >= 15 is 0 Å². The molecule has 0 saturated carbocycles. The number of unbranched alkanes of at least 4 members (excludes halogenated alkanes) is 6. The fraction of sp³-hybridized carbons (Fsp3) is 0.684. The Bertz CT molecular complexity index is 385. The largest absolute Gasteiger partial charge is 0.313 e. The van der Waals surface area contributed by atoms with Gasteiger partial charge in [-0.2, -0.15) is 0 Å². The molecule has 0 aliphatic heterocycles. The number of hydrogen-bond acceptors (Lipinski definition) is 1. The molecule has 1 nitrogen and oxygen atoms in total. The highest BCUT2D eigenvalue weighted by Crippen LogP contribution is 2.38. The summed E-state index contributed by atoms with van der Waals surface area (Å²) in [7, 11) is 2.12. The third-order valence-corrected chi connectivity index (χ3v) is 4.83. The van der Waals surface area contributed by atoms with Gasteiger partial charge in [-0.1, -0.05) is 76.1 Å². The van der Waals surface area contributed by atoms with Crippen LogP contribution in [0, 0.1) is 5.92 Å². The minimum Gasteiger partial charge on any atom is -0.313 e. The van der Waals surface area contributed by atoms with Crippen LogP contribution in [-0.2, 0) is 6.42 Å². The van der Waals surface area contributed by atoms with Crippen LogP contribution in [-0.4, -0.2) is 7.05 Å². The van der Waals surface area contributed by atoms with E-state index in [0.717, 1.165) is 5.92 Å². The van der Waals surface area contributed by atoms with Crippen LogP contribution in [0.2, 0.25) is 0 Å². The van der Waals surface area contributed by atoms with Crippen LogP contribution in [0.1, 0.15) is 75.5 Å². The molecule has 0 amide bonds. The lowest BCUT2D eigenvalue weighted by Crippen LogP contribution is -2.21. The Morgan fingerprint density at radius 2 is 1.70 bits per heavy atom. The lowest BCUT2D eigenvalue weighted by Gasteiger charge is -2.19. The van der Waals surface area contributed by atoms with Crippen molar-refractivity contribution in [2.45, 2.75) is 70.8 Å². The third kappa shape index (κ3) is 4.09. The quantitative estimate of drug-likeness (QED) is 0.605. The molecule has 0 aromatic heterocycles. The van der Waals surface area contributed by atoms with Crippen LogP contribution in [0.5, 0.6) is 0 Å². The van der Waals surface area contributed by atoms with E-state index in [9.17, 15) is 0 Å². The summed E-state index contributed by atoms with van der Waals surface area (Å²) in [6.45, 7) is 2.29. The highest BCUT2D eigenvalue weighted by atomic mass is 14.9. The van der Waals surface area contributed by atoms with Crippen molar-refractivity contribution in [2.24, 2.45) is 5.92 Å². The molecule has 1 aromatic rings. The molecule has 0 bridgehead atoms. The van der Waals surface area contributed by atoms with Crippen LogP contribution in [0.3, 0.4) is 0 Å². The van der Waals surface area contributed by atoms with Gasteiger partial charge in [-0.25, -0.2) is 0 Å². The van der Waals surface area contributed by atoms with E-state index in [4.69, 9.17) is 0 Å². The van der Waals surface area contributed by atoms with Crippen molar-refractivity contribution >= 4 is 0 Å². The fourth-order valence-corrected chi connectivity index (χ4v) is 3.70. The molecule has 1 aliphatic carbocycles. The Labute approximate surface area is 125 Å². The van der Waals surface area contributed by atoms with Gasteiger partial charge in [-0.05, 0) is 36.9 Å². The monoisotopic (exact) mass is 273 g/mol. The molecule has 0 heterocycles. The Hall–Kier alpha value is -0.820. The maximum Gasteiger partial charge on any atom is 0.0352 e. The molecular formula is C19H31N. The van der Waals surface area contributed by atoms with Crippen LogP contribution in [0.15, 0.2) is 24.3 Å². The number of nitrogens with one attached hydrogen (secondary N) is 1. The summed E-state index contributed by atoms with van der Waals surface area (Å²) >= 11 is 0. The van der Waals surface area contributed by atoms with Crippen molar-refractivity contribution in [1.29, 1.82) is 0 Å². The number of rotatable bonds is 9.